The van der Waals surface area contributed by atoms with E-state index in [4.69, 9.17) is 5.73 Å². The number of likely N-dealkylation sites (N-methyl/N-ethyl adjacent to an activating group) is 1. The van der Waals surface area contributed by atoms with Gasteiger partial charge in [-0.05, 0) is 74.0 Å². The predicted molar refractivity (Wildman–Crippen MR) is 167 cm³/mol. The van der Waals surface area contributed by atoms with Gasteiger partial charge in [0, 0.05) is 12.1 Å². The largest absolute Gasteiger partial charge is 0.368 e. The highest BCUT2D eigenvalue weighted by Crippen LogP contribution is 2.41. The Morgan fingerprint density at radius 1 is 0.953 bits per heavy atom. The molecule has 0 fully saturated rings. The molecule has 43 heavy (non-hydrogen) atoms. The van der Waals surface area contributed by atoms with Crippen LogP contribution in [-0.2, 0) is 26.2 Å². The molecule has 0 aliphatic carbocycles. The number of fused-ring (bicyclic) bond motifs is 2. The van der Waals surface area contributed by atoms with Crippen LogP contribution in [0.25, 0.3) is 10.8 Å². The number of carbonyl (C=O) groups is 3. The van der Waals surface area contributed by atoms with E-state index in [9.17, 15) is 22.8 Å². The Bertz CT molecular complexity index is 1860. The normalized spacial score (nSPS) is 16.8. The first kappa shape index (κ1) is 29.9. The third-order valence-corrected chi connectivity index (χ3v) is 10.3. The van der Waals surface area contributed by atoms with E-state index in [1.807, 2.05) is 43.3 Å². The summed E-state index contributed by atoms with van der Waals surface area (Å²) in [6, 6.07) is 24.3. The van der Waals surface area contributed by atoms with Gasteiger partial charge in [0.1, 0.15) is 5.54 Å². The second-order valence-corrected chi connectivity index (χ2v) is 12.8. The van der Waals surface area contributed by atoms with Crippen LogP contribution in [0.4, 0.5) is 11.4 Å². The van der Waals surface area contributed by atoms with Gasteiger partial charge in [-0.15, -0.1) is 0 Å². The number of benzene rings is 4. The number of carbonyl (C=O) groups excluding carboxylic acids is 3. The van der Waals surface area contributed by atoms with E-state index in [1.54, 1.807) is 29.2 Å². The zero-order valence-corrected chi connectivity index (χ0v) is 25.3. The molecule has 0 spiro atoms. The number of sulfonamides is 1. The van der Waals surface area contributed by atoms with Gasteiger partial charge in [-0.2, -0.15) is 0 Å². The third-order valence-electron chi connectivity index (χ3n) is 8.52. The number of primary amides is 1. The van der Waals surface area contributed by atoms with Gasteiger partial charge in [-0.25, -0.2) is 8.42 Å². The van der Waals surface area contributed by atoms with Gasteiger partial charge < -0.3 is 16.0 Å². The molecule has 0 saturated carbocycles. The summed E-state index contributed by atoms with van der Waals surface area (Å²) in [5.74, 6) is -2.62. The summed E-state index contributed by atoms with van der Waals surface area (Å²) >= 11 is 0. The third kappa shape index (κ3) is 5.17. The predicted octanol–water partition coefficient (Wildman–Crippen LogP) is 4.17. The molecular formula is C33H34N4O5S. The Balaban J connectivity index is 1.73. The molecule has 5 rings (SSSR count). The Morgan fingerprint density at radius 2 is 1.58 bits per heavy atom. The van der Waals surface area contributed by atoms with Gasteiger partial charge >= 0.3 is 0 Å². The first-order valence-electron chi connectivity index (χ1n) is 13.9. The van der Waals surface area contributed by atoms with E-state index in [1.165, 1.54) is 49.5 Å². The highest BCUT2D eigenvalue weighted by atomic mass is 32.2. The van der Waals surface area contributed by atoms with E-state index in [2.05, 4.69) is 5.32 Å². The van der Waals surface area contributed by atoms with Crippen molar-refractivity contribution in [3.8, 4) is 0 Å². The second-order valence-electron chi connectivity index (χ2n) is 11.0. The topological polar surface area (TPSA) is 130 Å². The molecule has 1 unspecified atom stereocenters. The van der Waals surface area contributed by atoms with Gasteiger partial charge in [0.2, 0.25) is 11.8 Å². The van der Waals surface area contributed by atoms with Gasteiger partial charge in [0.15, 0.2) is 5.78 Å². The summed E-state index contributed by atoms with van der Waals surface area (Å²) in [5.41, 5.74) is 7.19. The monoisotopic (exact) mass is 598 g/mol. The molecular weight excluding hydrogens is 564 g/mol. The van der Waals surface area contributed by atoms with Crippen molar-refractivity contribution < 1.29 is 22.8 Å². The number of nitrogens with zero attached hydrogens (tertiary/aromatic N) is 2. The van der Waals surface area contributed by atoms with Crippen molar-refractivity contribution in [2.45, 2.75) is 37.8 Å². The number of aryl methyl sites for hydroxylation is 1. The Labute approximate surface area is 251 Å². The average Bonchev–Trinajstić information content (AvgIpc) is 3.12. The maximum atomic E-state index is 14.6. The van der Waals surface area contributed by atoms with E-state index in [0.717, 1.165) is 21.9 Å². The Morgan fingerprint density at radius 3 is 2.21 bits per heavy atom. The highest BCUT2D eigenvalue weighted by molar-refractivity contribution is 7.92. The second kappa shape index (κ2) is 11.3. The van der Waals surface area contributed by atoms with Gasteiger partial charge in [0.25, 0.3) is 10.0 Å². The van der Waals surface area contributed by atoms with Crippen molar-refractivity contribution in [3.05, 3.63) is 102 Å². The van der Waals surface area contributed by atoms with Crippen LogP contribution in [0.2, 0.25) is 0 Å². The molecule has 4 aromatic rings. The number of rotatable bonds is 8. The van der Waals surface area contributed by atoms with Gasteiger partial charge in [-0.1, -0.05) is 60.7 Å². The van der Waals surface area contributed by atoms with Crippen molar-refractivity contribution in [2.24, 2.45) is 11.7 Å². The molecule has 222 valence electrons. The smallest absolute Gasteiger partial charge is 0.264 e. The number of hydrogen-bond donors (Lipinski definition) is 2. The quantitative estimate of drug-likeness (QED) is 0.293. The van der Waals surface area contributed by atoms with Crippen molar-refractivity contribution in [2.75, 3.05) is 22.8 Å². The number of ketones is 1. The Kier molecular flexibility index (Phi) is 7.85. The number of nitrogens with two attached hydrogens (primary N) is 1. The molecule has 1 heterocycles. The number of hydrogen-bond acceptors (Lipinski definition) is 6. The molecule has 2 atom stereocenters. The minimum Gasteiger partial charge on any atom is -0.368 e. The number of Topliss-reactive ketones (excluding diaryl/α,β-unsaturated/α-hetero) is 1. The van der Waals surface area contributed by atoms with Crippen LogP contribution >= 0.6 is 0 Å². The summed E-state index contributed by atoms with van der Waals surface area (Å²) in [6.45, 7) is 4.67. The Hall–Kier alpha value is -4.54. The maximum Gasteiger partial charge on any atom is 0.264 e. The minimum atomic E-state index is -4.27. The summed E-state index contributed by atoms with van der Waals surface area (Å²) in [6.07, 6.45) is 0. The lowest BCUT2D eigenvalue weighted by atomic mass is 9.83. The number of amides is 2. The van der Waals surface area contributed by atoms with Crippen LogP contribution in [0.5, 0.6) is 0 Å². The van der Waals surface area contributed by atoms with Crippen molar-refractivity contribution >= 4 is 49.8 Å². The lowest BCUT2D eigenvalue weighted by molar-refractivity contribution is -0.133. The van der Waals surface area contributed by atoms with Crippen LogP contribution in [-0.4, -0.2) is 45.1 Å². The summed E-state index contributed by atoms with van der Waals surface area (Å²) in [4.78, 5) is 40.9. The van der Waals surface area contributed by atoms with E-state index in [-0.39, 0.29) is 29.5 Å². The summed E-state index contributed by atoms with van der Waals surface area (Å²) in [7, 11) is -2.75. The maximum absolute atomic E-state index is 14.6. The lowest BCUT2D eigenvalue weighted by Crippen LogP contribution is -2.63. The van der Waals surface area contributed by atoms with E-state index >= 15 is 0 Å². The molecule has 0 bridgehead atoms. The van der Waals surface area contributed by atoms with Crippen molar-refractivity contribution in [1.82, 2.24) is 5.32 Å². The molecule has 1 aliphatic rings. The van der Waals surface area contributed by atoms with E-state index < -0.39 is 33.3 Å². The average molecular weight is 599 g/mol. The molecule has 0 aromatic heterocycles. The zero-order chi connectivity index (χ0) is 31.1. The van der Waals surface area contributed by atoms with Crippen LogP contribution < -0.4 is 20.3 Å². The summed E-state index contributed by atoms with van der Waals surface area (Å²) in [5, 5.41) is 4.88. The van der Waals surface area contributed by atoms with Crippen LogP contribution in [0.15, 0.2) is 89.8 Å². The molecule has 2 amide bonds. The molecule has 1 aliphatic heterocycles. The first-order valence-corrected chi connectivity index (χ1v) is 15.3. The zero-order valence-electron chi connectivity index (χ0n) is 24.5. The van der Waals surface area contributed by atoms with Gasteiger partial charge in [0.05, 0.1) is 28.7 Å². The fourth-order valence-corrected chi connectivity index (χ4v) is 7.14. The van der Waals surface area contributed by atoms with E-state index in [0.29, 0.717) is 11.3 Å². The molecule has 3 N–H and O–H groups in total. The molecule has 0 radical (unpaired) electrons. The first-order chi connectivity index (χ1) is 20.4. The van der Waals surface area contributed by atoms with Crippen LogP contribution in [0, 0.1) is 12.8 Å². The number of nitrogens with one attached hydrogen (secondary N) is 1. The van der Waals surface area contributed by atoms with Crippen molar-refractivity contribution in [3.63, 3.8) is 0 Å². The standard InChI is InChI=1S/C33H34N4O5S/c1-21-13-14-24-9-5-6-10-26(24)27(21)19-36-29-11-7-8-12-30(29)37(20-28(31(36)39)33(3,35-4)32(34)40)43(41,42)25-17-15-23(16-18-25)22(2)38/h5-18,28,35H,19-20H2,1-4H3,(H2,34,40)/t28-,33?/m1/s1. The minimum absolute atomic E-state index is 0.0536. The number of para-hydroxylation sites is 2. The molecule has 10 heteroatoms. The van der Waals surface area contributed by atoms with Crippen LogP contribution in [0.3, 0.4) is 0 Å². The summed E-state index contributed by atoms with van der Waals surface area (Å²) < 4.78 is 29.7. The van der Waals surface area contributed by atoms with Gasteiger partial charge in [-0.3, -0.25) is 18.7 Å². The SMILES string of the molecule is CNC(C)(C(N)=O)[C@@H]1CN(S(=O)(=O)c2ccc(C(C)=O)cc2)c2ccccc2N(Cc2c(C)ccc3ccccc23)C1=O. The number of anilines is 2. The van der Waals surface area contributed by atoms with Crippen molar-refractivity contribution in [1.29, 1.82) is 0 Å². The molecule has 4 aromatic carbocycles. The molecule has 9 nitrogen and oxygen atoms in total. The fourth-order valence-electron chi connectivity index (χ4n) is 5.64. The fraction of sp³-hybridized carbons (Fsp3) is 0.242. The molecule has 0 saturated heterocycles. The highest BCUT2D eigenvalue weighted by Gasteiger charge is 2.49. The lowest BCUT2D eigenvalue weighted by Gasteiger charge is -2.36. The van der Waals surface area contributed by atoms with Crippen LogP contribution in [0.1, 0.15) is 35.3 Å².